The molecule has 0 aliphatic carbocycles. The number of aliphatic hydroxyl groups excluding tert-OH is 1. The quantitative estimate of drug-likeness (QED) is 0.696. The van der Waals surface area contributed by atoms with Gasteiger partial charge in [-0.2, -0.15) is 0 Å². The van der Waals surface area contributed by atoms with Gasteiger partial charge in [0.15, 0.2) is 0 Å². The van der Waals surface area contributed by atoms with Crippen molar-refractivity contribution in [3.63, 3.8) is 0 Å². The van der Waals surface area contributed by atoms with Gasteiger partial charge in [-0.25, -0.2) is 0 Å². The first-order valence-corrected chi connectivity index (χ1v) is 4.30. The van der Waals surface area contributed by atoms with Crippen LogP contribution in [0.1, 0.15) is 5.56 Å². The average molecular weight is 178 g/mol. The van der Waals surface area contributed by atoms with E-state index in [9.17, 15) is 0 Å². The first kappa shape index (κ1) is 9.81. The molecule has 0 fully saturated rings. The van der Waals surface area contributed by atoms with E-state index in [0.717, 1.165) is 12.2 Å². The van der Waals surface area contributed by atoms with Crippen molar-refractivity contribution in [2.45, 2.75) is 6.42 Å². The van der Waals surface area contributed by atoms with Crippen LogP contribution in [0.25, 0.3) is 0 Å². The molecule has 0 heterocycles. The van der Waals surface area contributed by atoms with Crippen molar-refractivity contribution in [1.82, 2.24) is 0 Å². The third-order valence-corrected chi connectivity index (χ3v) is 1.66. The molecule has 2 heteroatoms. The fourth-order valence-corrected chi connectivity index (χ4v) is 1.05. The molecule has 0 saturated heterocycles. The number of ether oxygens (including phenoxy) is 1. The van der Waals surface area contributed by atoms with Crippen LogP contribution in [-0.4, -0.2) is 18.3 Å². The van der Waals surface area contributed by atoms with Crippen LogP contribution in [0.4, 0.5) is 0 Å². The summed E-state index contributed by atoms with van der Waals surface area (Å²) in [5, 5.41) is 8.53. The number of hydrogen-bond acceptors (Lipinski definition) is 2. The Bertz CT molecular complexity index is 251. The van der Waals surface area contributed by atoms with Gasteiger partial charge in [0.05, 0.1) is 6.61 Å². The largest absolute Gasteiger partial charge is 0.491 e. The number of allylic oxidation sites excluding steroid dienone is 1. The highest BCUT2D eigenvalue weighted by atomic mass is 16.5. The van der Waals surface area contributed by atoms with Gasteiger partial charge in [0.25, 0.3) is 0 Å². The van der Waals surface area contributed by atoms with Crippen LogP contribution >= 0.6 is 0 Å². The Balaban J connectivity index is 2.53. The highest BCUT2D eigenvalue weighted by molar-refractivity contribution is 5.28. The molecule has 0 atom stereocenters. The van der Waals surface area contributed by atoms with Gasteiger partial charge in [-0.3, -0.25) is 0 Å². The Morgan fingerprint density at radius 3 is 2.54 bits per heavy atom. The molecule has 1 aromatic rings. The van der Waals surface area contributed by atoms with Gasteiger partial charge < -0.3 is 9.84 Å². The summed E-state index contributed by atoms with van der Waals surface area (Å²) < 4.78 is 5.21. The Kier molecular flexibility index (Phi) is 4.06. The molecule has 0 bridgehead atoms. The van der Waals surface area contributed by atoms with Crippen LogP contribution in [0, 0.1) is 0 Å². The zero-order valence-corrected chi connectivity index (χ0v) is 7.57. The summed E-state index contributed by atoms with van der Waals surface area (Å²) in [6.45, 7) is 4.06. The van der Waals surface area contributed by atoms with Crippen molar-refractivity contribution in [3.05, 3.63) is 42.5 Å². The minimum absolute atomic E-state index is 0.0500. The van der Waals surface area contributed by atoms with Crippen LogP contribution in [0.15, 0.2) is 36.9 Å². The standard InChI is InChI=1S/C11H14O2/c1-2-3-10-4-6-11(7-5-10)13-9-8-12/h2,4-7,12H,1,3,8-9H2. The van der Waals surface area contributed by atoms with Crippen LogP contribution < -0.4 is 4.74 Å². The first-order valence-electron chi connectivity index (χ1n) is 4.30. The second kappa shape index (κ2) is 5.38. The van der Waals surface area contributed by atoms with E-state index < -0.39 is 0 Å². The third kappa shape index (κ3) is 3.30. The van der Waals surface area contributed by atoms with Crippen molar-refractivity contribution in [1.29, 1.82) is 0 Å². The van der Waals surface area contributed by atoms with Gasteiger partial charge >= 0.3 is 0 Å². The van der Waals surface area contributed by atoms with Crippen molar-refractivity contribution in [2.75, 3.05) is 13.2 Å². The molecule has 1 N–H and O–H groups in total. The molecule has 1 aromatic carbocycles. The summed E-state index contributed by atoms with van der Waals surface area (Å²) in [7, 11) is 0. The molecular weight excluding hydrogens is 164 g/mol. The SMILES string of the molecule is C=CCc1ccc(OCCO)cc1. The maximum absolute atomic E-state index is 8.53. The van der Waals surface area contributed by atoms with Gasteiger partial charge in [-0.15, -0.1) is 6.58 Å². The molecule has 13 heavy (non-hydrogen) atoms. The maximum Gasteiger partial charge on any atom is 0.119 e. The molecule has 0 aliphatic rings. The van der Waals surface area contributed by atoms with Crippen molar-refractivity contribution in [2.24, 2.45) is 0 Å². The van der Waals surface area contributed by atoms with Crippen LogP contribution in [-0.2, 0) is 6.42 Å². The summed E-state index contributed by atoms with van der Waals surface area (Å²) in [6, 6.07) is 7.78. The molecule has 0 aliphatic heterocycles. The van der Waals surface area contributed by atoms with Gasteiger partial charge in [0.2, 0.25) is 0 Å². The van der Waals surface area contributed by atoms with E-state index in [0.29, 0.717) is 6.61 Å². The average Bonchev–Trinajstić information content (AvgIpc) is 2.17. The monoisotopic (exact) mass is 178 g/mol. The molecule has 0 unspecified atom stereocenters. The zero-order chi connectivity index (χ0) is 9.52. The lowest BCUT2D eigenvalue weighted by Gasteiger charge is -2.04. The van der Waals surface area contributed by atoms with E-state index in [1.807, 2.05) is 30.3 Å². The highest BCUT2D eigenvalue weighted by Crippen LogP contribution is 2.12. The predicted molar refractivity (Wildman–Crippen MR) is 52.9 cm³/mol. The van der Waals surface area contributed by atoms with Gasteiger partial charge in [-0.05, 0) is 24.1 Å². The minimum atomic E-state index is 0.0500. The minimum Gasteiger partial charge on any atom is -0.491 e. The molecule has 0 aromatic heterocycles. The molecule has 1 rings (SSSR count). The summed E-state index contributed by atoms with van der Waals surface area (Å²) >= 11 is 0. The molecule has 0 radical (unpaired) electrons. The zero-order valence-electron chi connectivity index (χ0n) is 7.57. The molecular formula is C11H14O2. The summed E-state index contributed by atoms with van der Waals surface area (Å²) in [4.78, 5) is 0. The topological polar surface area (TPSA) is 29.5 Å². The maximum atomic E-state index is 8.53. The highest BCUT2D eigenvalue weighted by Gasteiger charge is 1.92. The number of benzene rings is 1. The molecule has 0 saturated carbocycles. The molecule has 70 valence electrons. The lowest BCUT2D eigenvalue weighted by Crippen LogP contribution is -2.01. The Labute approximate surface area is 78.5 Å². The summed E-state index contributed by atoms with van der Waals surface area (Å²) in [5.74, 6) is 0.793. The van der Waals surface area contributed by atoms with E-state index in [1.165, 1.54) is 5.56 Å². The van der Waals surface area contributed by atoms with Gasteiger partial charge in [0.1, 0.15) is 12.4 Å². The van der Waals surface area contributed by atoms with Crippen LogP contribution in [0.5, 0.6) is 5.75 Å². The van der Waals surface area contributed by atoms with Crippen LogP contribution in [0.3, 0.4) is 0 Å². The van der Waals surface area contributed by atoms with Gasteiger partial charge in [-0.1, -0.05) is 18.2 Å². The summed E-state index contributed by atoms with van der Waals surface area (Å²) in [5.41, 5.74) is 1.21. The Hall–Kier alpha value is -1.28. The second-order valence-corrected chi connectivity index (χ2v) is 2.71. The lowest BCUT2D eigenvalue weighted by molar-refractivity contribution is 0.201. The Morgan fingerprint density at radius 2 is 2.00 bits per heavy atom. The van der Waals surface area contributed by atoms with Crippen LogP contribution in [0.2, 0.25) is 0 Å². The van der Waals surface area contributed by atoms with E-state index >= 15 is 0 Å². The van der Waals surface area contributed by atoms with Crippen molar-refractivity contribution >= 4 is 0 Å². The van der Waals surface area contributed by atoms with Crippen molar-refractivity contribution in [3.8, 4) is 5.75 Å². The smallest absolute Gasteiger partial charge is 0.119 e. The molecule has 0 spiro atoms. The van der Waals surface area contributed by atoms with E-state index in [-0.39, 0.29) is 6.61 Å². The molecule has 0 amide bonds. The lowest BCUT2D eigenvalue weighted by atomic mass is 10.1. The van der Waals surface area contributed by atoms with E-state index in [2.05, 4.69) is 6.58 Å². The van der Waals surface area contributed by atoms with E-state index in [4.69, 9.17) is 9.84 Å². The fourth-order valence-electron chi connectivity index (χ4n) is 1.05. The predicted octanol–water partition coefficient (Wildman–Crippen LogP) is 1.79. The first-order chi connectivity index (χ1) is 6.36. The van der Waals surface area contributed by atoms with E-state index in [1.54, 1.807) is 0 Å². The fraction of sp³-hybridized carbons (Fsp3) is 0.273. The van der Waals surface area contributed by atoms with Gasteiger partial charge in [0, 0.05) is 0 Å². The number of rotatable bonds is 5. The normalized spacial score (nSPS) is 9.62. The third-order valence-electron chi connectivity index (χ3n) is 1.66. The molecule has 2 nitrogen and oxygen atoms in total. The summed E-state index contributed by atoms with van der Waals surface area (Å²) in [6.07, 6.45) is 2.74. The Morgan fingerprint density at radius 1 is 1.31 bits per heavy atom. The van der Waals surface area contributed by atoms with Crippen molar-refractivity contribution < 1.29 is 9.84 Å². The second-order valence-electron chi connectivity index (χ2n) is 2.71. The number of aliphatic hydroxyl groups is 1. The number of hydrogen-bond donors (Lipinski definition) is 1.